The molecule has 6 rings (SSSR count). The van der Waals surface area contributed by atoms with E-state index in [1.165, 1.54) is 18.6 Å². The van der Waals surface area contributed by atoms with Gasteiger partial charge < -0.3 is 10.2 Å². The first-order valence-corrected chi connectivity index (χ1v) is 17.1. The first-order chi connectivity index (χ1) is 19.4. The van der Waals surface area contributed by atoms with E-state index in [0.717, 1.165) is 26.2 Å². The maximum Gasteiger partial charge on any atom is 0.256 e. The van der Waals surface area contributed by atoms with Gasteiger partial charge in [0.2, 0.25) is 0 Å². The van der Waals surface area contributed by atoms with Crippen LogP contribution in [0.15, 0.2) is 43.1 Å². The van der Waals surface area contributed by atoms with Gasteiger partial charge >= 0.3 is 0 Å². The van der Waals surface area contributed by atoms with E-state index >= 15 is 0 Å². The van der Waals surface area contributed by atoms with Gasteiger partial charge in [0.1, 0.15) is 27.3 Å². The average molecular weight is 597 g/mol. The van der Waals surface area contributed by atoms with Crippen molar-refractivity contribution in [1.29, 1.82) is 0 Å². The quantitative estimate of drug-likeness (QED) is 0.303. The van der Waals surface area contributed by atoms with E-state index in [2.05, 4.69) is 44.1 Å². The Morgan fingerprint density at radius 2 is 1.80 bits per heavy atom. The first-order valence-electron chi connectivity index (χ1n) is 13.5. The van der Waals surface area contributed by atoms with Gasteiger partial charge in [0.15, 0.2) is 5.82 Å². The lowest BCUT2D eigenvalue weighted by Crippen LogP contribution is -2.57. The second-order valence-electron chi connectivity index (χ2n) is 11.3. The van der Waals surface area contributed by atoms with Crippen LogP contribution in [0.5, 0.6) is 0 Å². The van der Waals surface area contributed by atoms with E-state index < -0.39 is 19.9 Å². The zero-order valence-electron chi connectivity index (χ0n) is 23.3. The molecule has 1 aliphatic heterocycles. The Labute approximate surface area is 239 Å². The lowest BCUT2D eigenvalue weighted by Gasteiger charge is -2.47. The second-order valence-corrected chi connectivity index (χ2v) is 15.5. The molecule has 4 aromatic rings. The molecule has 12 nitrogen and oxygen atoms in total. The zero-order valence-corrected chi connectivity index (χ0v) is 24.9. The van der Waals surface area contributed by atoms with Crippen molar-refractivity contribution >= 4 is 48.1 Å². The highest BCUT2D eigenvalue weighted by Crippen LogP contribution is 2.38. The minimum atomic E-state index is -3.48. The van der Waals surface area contributed by atoms with E-state index in [4.69, 9.17) is 4.98 Å². The predicted octanol–water partition coefficient (Wildman–Crippen LogP) is 3.36. The molecule has 0 aromatic carbocycles. The molecule has 2 fully saturated rings. The van der Waals surface area contributed by atoms with Gasteiger partial charge in [0.05, 0.1) is 29.0 Å². The molecule has 216 valence electrons. The number of hydrogen-bond acceptors (Lipinski definition) is 11. The summed E-state index contributed by atoms with van der Waals surface area (Å²) in [6.45, 7) is 6.88. The van der Waals surface area contributed by atoms with Crippen molar-refractivity contribution in [3.05, 3.63) is 48.7 Å². The fourth-order valence-corrected chi connectivity index (χ4v) is 7.86. The summed E-state index contributed by atoms with van der Waals surface area (Å²) in [6.07, 6.45) is 10.8. The number of aromatic nitrogens is 6. The Kier molecular flexibility index (Phi) is 6.72. The minimum absolute atomic E-state index is 0.0474. The zero-order chi connectivity index (χ0) is 29.1. The van der Waals surface area contributed by atoms with Crippen LogP contribution in [-0.4, -0.2) is 75.8 Å². The van der Waals surface area contributed by atoms with E-state index in [-0.39, 0.29) is 28.9 Å². The number of anilines is 3. The predicted molar refractivity (Wildman–Crippen MR) is 158 cm³/mol. The molecule has 0 radical (unpaired) electrons. The van der Waals surface area contributed by atoms with Crippen molar-refractivity contribution in [2.75, 3.05) is 28.8 Å². The molecule has 2 aliphatic rings. The number of rotatable bonds is 9. The van der Waals surface area contributed by atoms with Gasteiger partial charge in [-0.2, -0.15) is 9.19 Å². The smallest absolute Gasteiger partial charge is 0.256 e. The van der Waals surface area contributed by atoms with Crippen molar-refractivity contribution in [2.45, 2.75) is 50.8 Å². The largest absolute Gasteiger partial charge is 0.353 e. The van der Waals surface area contributed by atoms with Crippen LogP contribution in [0.2, 0.25) is 0 Å². The molecule has 0 amide bonds. The topological polar surface area (TPSA) is 153 Å². The third kappa shape index (κ3) is 5.37. The molecule has 2 atom stereocenters. The summed E-state index contributed by atoms with van der Waals surface area (Å²) in [4.78, 5) is 20.4. The molecule has 1 aliphatic carbocycles. The van der Waals surface area contributed by atoms with Gasteiger partial charge in [-0.3, -0.25) is 0 Å². The van der Waals surface area contributed by atoms with Crippen molar-refractivity contribution in [2.24, 2.45) is 5.92 Å². The Morgan fingerprint density at radius 1 is 1.02 bits per heavy atom. The number of nitrogens with zero attached hydrogens (tertiary/aromatic N) is 7. The molecule has 0 unspecified atom stereocenters. The fourth-order valence-electron chi connectivity index (χ4n) is 5.22. The molecule has 1 N–H and O–H groups in total. The summed E-state index contributed by atoms with van der Waals surface area (Å²) in [5.41, 5.74) is 1.57. The van der Waals surface area contributed by atoms with Gasteiger partial charge in [-0.25, -0.2) is 36.8 Å². The Balaban J connectivity index is 1.28. The molecule has 1 saturated carbocycles. The number of hydrogen-bond donors (Lipinski definition) is 1. The number of pyridine rings is 2. The van der Waals surface area contributed by atoms with Crippen molar-refractivity contribution in [3.63, 3.8) is 0 Å². The monoisotopic (exact) mass is 596 g/mol. The molecule has 1 saturated heterocycles. The summed E-state index contributed by atoms with van der Waals surface area (Å²) in [7, 11) is -6.53. The van der Waals surface area contributed by atoms with Crippen LogP contribution >= 0.6 is 0 Å². The van der Waals surface area contributed by atoms with Gasteiger partial charge in [-0.05, 0) is 48.8 Å². The summed E-state index contributed by atoms with van der Waals surface area (Å²) < 4.78 is 49.7. The lowest BCUT2D eigenvalue weighted by atomic mass is 9.90. The minimum Gasteiger partial charge on any atom is -0.353 e. The van der Waals surface area contributed by atoms with Crippen LogP contribution in [0.3, 0.4) is 0 Å². The van der Waals surface area contributed by atoms with Crippen LogP contribution in [0, 0.1) is 5.92 Å². The molecular formula is C27H32N8O4S2. The summed E-state index contributed by atoms with van der Waals surface area (Å²) in [6, 6.07) is 3.73. The maximum atomic E-state index is 12.5. The number of sulfone groups is 1. The maximum absolute atomic E-state index is 12.5. The van der Waals surface area contributed by atoms with Crippen LogP contribution < -0.4 is 10.2 Å². The van der Waals surface area contributed by atoms with Crippen molar-refractivity contribution in [3.8, 4) is 11.4 Å². The van der Waals surface area contributed by atoms with Crippen LogP contribution in [0.4, 0.5) is 17.5 Å². The molecular weight excluding hydrogens is 564 g/mol. The SMILES string of the molecule is CC(C)c1cnc(N2C[C@@H](CS(C)(=O)=O)[C@@H]2C)c2cnc(Nc3ccnc(-c4cnn(S(=O)(=O)C5CC5)c4)n3)cc12. The Morgan fingerprint density at radius 3 is 2.49 bits per heavy atom. The van der Waals surface area contributed by atoms with Crippen molar-refractivity contribution in [1.82, 2.24) is 29.1 Å². The molecule has 41 heavy (non-hydrogen) atoms. The fraction of sp³-hybridized carbons (Fsp3) is 0.444. The normalized spacial score (nSPS) is 19.5. The average Bonchev–Trinajstić information content (AvgIpc) is 3.66. The first kappa shape index (κ1) is 27.5. The highest BCUT2D eigenvalue weighted by molar-refractivity contribution is 7.90. The summed E-state index contributed by atoms with van der Waals surface area (Å²) in [5.74, 6) is 2.67. The van der Waals surface area contributed by atoms with Gasteiger partial charge in [0, 0.05) is 48.7 Å². The highest BCUT2D eigenvalue weighted by atomic mass is 32.2. The number of fused-ring (bicyclic) bond motifs is 1. The van der Waals surface area contributed by atoms with E-state index in [9.17, 15) is 16.8 Å². The molecule has 14 heteroatoms. The van der Waals surface area contributed by atoms with Crippen LogP contribution in [0.1, 0.15) is 45.1 Å². The Bertz CT molecular complexity index is 1850. The Hall–Kier alpha value is -3.65. The third-order valence-corrected chi connectivity index (χ3v) is 10.8. The molecule has 0 spiro atoms. The standard InChI is InChI=1S/C27H32N8O4S2/c1-16(2)22-11-30-27(34-13-19(17(34)3)15-40(4,36)37)23-12-29-25(9-21(22)23)32-24-7-8-28-26(33-24)18-10-31-35(14-18)41(38,39)20-5-6-20/h7-12,14,16-17,19-20H,5-6,13,15H2,1-4H3,(H,28,29,32,33)/t17-,19-/m0/s1. The second kappa shape index (κ2) is 10.0. The summed E-state index contributed by atoms with van der Waals surface area (Å²) >= 11 is 0. The van der Waals surface area contributed by atoms with Gasteiger partial charge in [-0.1, -0.05) is 13.8 Å². The molecule has 4 aromatic heterocycles. The summed E-state index contributed by atoms with van der Waals surface area (Å²) in [5, 5.41) is 8.82. The molecule has 5 heterocycles. The van der Waals surface area contributed by atoms with Crippen LogP contribution in [-0.2, 0) is 19.9 Å². The van der Waals surface area contributed by atoms with E-state index in [1.54, 1.807) is 18.5 Å². The van der Waals surface area contributed by atoms with Crippen LogP contribution in [0.25, 0.3) is 22.2 Å². The van der Waals surface area contributed by atoms with Crippen molar-refractivity contribution < 1.29 is 16.8 Å². The van der Waals surface area contributed by atoms with E-state index in [0.29, 0.717) is 42.4 Å². The van der Waals surface area contributed by atoms with Gasteiger partial charge in [0.25, 0.3) is 10.0 Å². The van der Waals surface area contributed by atoms with E-state index in [1.807, 2.05) is 19.2 Å². The lowest BCUT2D eigenvalue weighted by molar-refractivity contribution is 0.339. The molecule has 0 bridgehead atoms. The third-order valence-electron chi connectivity index (χ3n) is 7.73. The number of nitrogens with one attached hydrogen (secondary N) is 1. The highest BCUT2D eigenvalue weighted by Gasteiger charge is 2.39. The van der Waals surface area contributed by atoms with Gasteiger partial charge in [-0.15, -0.1) is 0 Å².